The highest BCUT2D eigenvalue weighted by atomic mass is 32.1. The van der Waals surface area contributed by atoms with Crippen molar-refractivity contribution < 1.29 is 9.50 Å². The third-order valence-electron chi connectivity index (χ3n) is 5.81. The summed E-state index contributed by atoms with van der Waals surface area (Å²) in [6.07, 6.45) is 3.47. The van der Waals surface area contributed by atoms with E-state index in [2.05, 4.69) is 15.5 Å². The summed E-state index contributed by atoms with van der Waals surface area (Å²) in [5.74, 6) is 0.578. The number of fused-ring (bicyclic) bond motifs is 3. The van der Waals surface area contributed by atoms with Gasteiger partial charge in [0.05, 0.1) is 16.6 Å². The molecule has 0 atom stereocenters. The van der Waals surface area contributed by atoms with Gasteiger partial charge in [-0.3, -0.25) is 9.36 Å². The maximum absolute atomic E-state index is 14.1. The molecule has 1 aliphatic rings. The predicted octanol–water partition coefficient (Wildman–Crippen LogP) is 3.69. The van der Waals surface area contributed by atoms with Crippen LogP contribution in [0.2, 0.25) is 0 Å². The molecule has 6 rings (SSSR count). The smallest absolute Gasteiger partial charge is 0.263 e. The highest BCUT2D eigenvalue weighted by molar-refractivity contribution is 7.25. The first-order valence-corrected chi connectivity index (χ1v) is 11.1. The zero-order valence-electron chi connectivity index (χ0n) is 16.8. The zero-order chi connectivity index (χ0) is 21.8. The molecule has 1 aliphatic carbocycles. The SMILES string of the molecule is O=c1c2c(nc(-c3ccc(F)cc3C3CC3)n1CCn1cnnn1)sc1c(O)cccc12. The van der Waals surface area contributed by atoms with E-state index in [-0.39, 0.29) is 23.0 Å². The number of hydrogen-bond donors (Lipinski definition) is 1. The molecule has 3 aromatic heterocycles. The highest BCUT2D eigenvalue weighted by Crippen LogP contribution is 2.45. The summed E-state index contributed by atoms with van der Waals surface area (Å²) < 4.78 is 17.8. The standard InChI is InChI=1S/C22H17FN6O2S/c23-13-6-7-14(16(10-13)12-4-5-12)20-25-21-18(15-2-1-3-17(30)19(15)32-21)22(31)29(20)9-8-28-11-24-26-27-28/h1-3,6-7,10-12,30H,4-5,8-9H2. The molecule has 0 saturated heterocycles. The third kappa shape index (κ3) is 3.06. The summed E-state index contributed by atoms with van der Waals surface area (Å²) in [6.45, 7) is 0.667. The van der Waals surface area contributed by atoms with Crippen LogP contribution in [0.3, 0.4) is 0 Å². The third-order valence-corrected chi connectivity index (χ3v) is 6.94. The van der Waals surface area contributed by atoms with Gasteiger partial charge in [-0.05, 0) is 59.0 Å². The fourth-order valence-electron chi connectivity index (χ4n) is 4.13. The van der Waals surface area contributed by atoms with Crippen LogP contribution in [0.15, 0.2) is 47.5 Å². The number of aromatic nitrogens is 6. The summed E-state index contributed by atoms with van der Waals surface area (Å²) >= 11 is 1.28. The van der Waals surface area contributed by atoms with Gasteiger partial charge in [0, 0.05) is 17.5 Å². The van der Waals surface area contributed by atoms with E-state index in [1.807, 2.05) is 6.07 Å². The van der Waals surface area contributed by atoms with Crippen LogP contribution in [0.4, 0.5) is 4.39 Å². The monoisotopic (exact) mass is 448 g/mol. The van der Waals surface area contributed by atoms with Gasteiger partial charge in [-0.15, -0.1) is 16.4 Å². The number of aromatic hydroxyl groups is 1. The first kappa shape index (κ1) is 19.1. The van der Waals surface area contributed by atoms with Crippen LogP contribution in [0.5, 0.6) is 5.75 Å². The quantitative estimate of drug-likeness (QED) is 0.440. The Morgan fingerprint density at radius 1 is 1.19 bits per heavy atom. The molecular weight excluding hydrogens is 431 g/mol. The Hall–Kier alpha value is -3.66. The molecule has 0 spiro atoms. The lowest BCUT2D eigenvalue weighted by atomic mass is 10.0. The summed E-state index contributed by atoms with van der Waals surface area (Å²) in [6, 6.07) is 9.78. The van der Waals surface area contributed by atoms with Crippen molar-refractivity contribution in [3.63, 3.8) is 0 Å². The molecule has 0 amide bonds. The van der Waals surface area contributed by atoms with Crippen molar-refractivity contribution in [2.45, 2.75) is 31.8 Å². The number of nitrogens with zero attached hydrogens (tertiary/aromatic N) is 6. The minimum absolute atomic E-state index is 0.118. The average molecular weight is 448 g/mol. The van der Waals surface area contributed by atoms with E-state index in [1.54, 1.807) is 33.5 Å². The van der Waals surface area contributed by atoms with E-state index < -0.39 is 0 Å². The summed E-state index contributed by atoms with van der Waals surface area (Å²) in [4.78, 5) is 19.2. The average Bonchev–Trinajstić information content (AvgIpc) is 3.36. The number of thiophene rings is 1. The van der Waals surface area contributed by atoms with Crippen molar-refractivity contribution in [2.75, 3.05) is 0 Å². The molecular formula is C22H17FN6O2S. The Morgan fingerprint density at radius 3 is 2.84 bits per heavy atom. The number of phenolic OH excluding ortho intramolecular Hbond substituents is 1. The molecule has 0 radical (unpaired) electrons. The zero-order valence-corrected chi connectivity index (χ0v) is 17.6. The molecule has 5 aromatic rings. The molecule has 3 heterocycles. The number of halogens is 1. The Kier molecular flexibility index (Phi) is 4.29. The molecule has 1 saturated carbocycles. The highest BCUT2D eigenvalue weighted by Gasteiger charge is 2.29. The summed E-state index contributed by atoms with van der Waals surface area (Å²) in [5, 5.41) is 22.6. The van der Waals surface area contributed by atoms with Crippen LogP contribution in [-0.2, 0) is 13.1 Å². The van der Waals surface area contributed by atoms with Crippen molar-refractivity contribution in [1.29, 1.82) is 0 Å². The van der Waals surface area contributed by atoms with E-state index in [4.69, 9.17) is 4.98 Å². The first-order chi connectivity index (χ1) is 15.6. The molecule has 0 aliphatic heterocycles. The van der Waals surface area contributed by atoms with E-state index in [1.165, 1.54) is 23.7 Å². The fraction of sp³-hybridized carbons (Fsp3) is 0.227. The van der Waals surface area contributed by atoms with Gasteiger partial charge >= 0.3 is 0 Å². The number of rotatable bonds is 5. The van der Waals surface area contributed by atoms with Crippen LogP contribution in [-0.4, -0.2) is 34.9 Å². The van der Waals surface area contributed by atoms with Crippen LogP contribution < -0.4 is 5.56 Å². The van der Waals surface area contributed by atoms with Gasteiger partial charge in [-0.2, -0.15) is 0 Å². The van der Waals surface area contributed by atoms with Crippen molar-refractivity contribution in [3.8, 4) is 17.1 Å². The van der Waals surface area contributed by atoms with E-state index in [9.17, 15) is 14.3 Å². The van der Waals surface area contributed by atoms with Crippen molar-refractivity contribution in [3.05, 3.63) is 64.5 Å². The van der Waals surface area contributed by atoms with Gasteiger partial charge in [0.2, 0.25) is 0 Å². The molecule has 10 heteroatoms. The second kappa shape index (κ2) is 7.20. The van der Waals surface area contributed by atoms with E-state index in [0.717, 1.165) is 24.0 Å². The van der Waals surface area contributed by atoms with E-state index in [0.29, 0.717) is 39.2 Å². The number of tetrazole rings is 1. The van der Waals surface area contributed by atoms with Crippen LogP contribution in [0, 0.1) is 5.82 Å². The predicted molar refractivity (Wildman–Crippen MR) is 118 cm³/mol. The van der Waals surface area contributed by atoms with Crippen molar-refractivity contribution in [2.24, 2.45) is 0 Å². The fourth-order valence-corrected chi connectivity index (χ4v) is 5.21. The number of phenols is 1. The molecule has 2 aromatic carbocycles. The Morgan fingerprint density at radius 2 is 2.06 bits per heavy atom. The molecule has 0 unspecified atom stereocenters. The van der Waals surface area contributed by atoms with Gasteiger partial charge in [-0.25, -0.2) is 14.1 Å². The van der Waals surface area contributed by atoms with Crippen LogP contribution in [0.25, 0.3) is 31.7 Å². The Labute approximate surface area is 184 Å². The second-order valence-corrected chi connectivity index (χ2v) is 8.91. The maximum atomic E-state index is 14.1. The van der Waals surface area contributed by atoms with E-state index >= 15 is 0 Å². The number of benzene rings is 2. The second-order valence-electron chi connectivity index (χ2n) is 7.91. The number of aryl methyl sites for hydroxylation is 1. The van der Waals surface area contributed by atoms with Gasteiger partial charge in [-0.1, -0.05) is 12.1 Å². The van der Waals surface area contributed by atoms with Gasteiger partial charge < -0.3 is 5.11 Å². The maximum Gasteiger partial charge on any atom is 0.263 e. The lowest BCUT2D eigenvalue weighted by Crippen LogP contribution is -2.25. The van der Waals surface area contributed by atoms with Crippen molar-refractivity contribution in [1.82, 2.24) is 29.8 Å². The molecule has 8 nitrogen and oxygen atoms in total. The normalized spacial score (nSPS) is 13.9. The molecule has 160 valence electrons. The topological polar surface area (TPSA) is 98.7 Å². The van der Waals surface area contributed by atoms with Crippen LogP contribution >= 0.6 is 11.3 Å². The lowest BCUT2D eigenvalue weighted by molar-refractivity contribution is 0.482. The summed E-state index contributed by atoms with van der Waals surface area (Å²) in [7, 11) is 0. The Balaban J connectivity index is 1.63. The Bertz CT molecular complexity index is 1540. The molecule has 0 bridgehead atoms. The minimum atomic E-state index is -0.300. The van der Waals surface area contributed by atoms with Crippen LogP contribution in [0.1, 0.15) is 24.3 Å². The largest absolute Gasteiger partial charge is 0.506 e. The number of hydrogen-bond acceptors (Lipinski definition) is 7. The van der Waals surface area contributed by atoms with Crippen molar-refractivity contribution >= 4 is 31.6 Å². The molecule has 1 N–H and O–H groups in total. The lowest BCUT2D eigenvalue weighted by Gasteiger charge is -2.15. The molecule has 1 fully saturated rings. The van der Waals surface area contributed by atoms with Gasteiger partial charge in [0.25, 0.3) is 5.56 Å². The molecule has 32 heavy (non-hydrogen) atoms. The minimum Gasteiger partial charge on any atom is -0.506 e. The van der Waals surface area contributed by atoms with Gasteiger partial charge in [0.15, 0.2) is 0 Å². The summed E-state index contributed by atoms with van der Waals surface area (Å²) in [5.41, 5.74) is 1.42. The van der Waals surface area contributed by atoms with Gasteiger partial charge in [0.1, 0.15) is 28.5 Å². The first-order valence-electron chi connectivity index (χ1n) is 10.3.